The third kappa shape index (κ3) is 1.26. The van der Waals surface area contributed by atoms with Crippen molar-refractivity contribution >= 4 is 0 Å². The minimum atomic E-state index is -0.0151. The standard InChI is InChI=1S/C5H10N4/c1-4(6)5-3-7-9(2)8-5/h3-4H,6H2,1-2H3. The van der Waals surface area contributed by atoms with Crippen molar-refractivity contribution in [2.45, 2.75) is 13.0 Å². The Kier molecular flexibility index (Phi) is 1.48. The van der Waals surface area contributed by atoms with Gasteiger partial charge in [-0.2, -0.15) is 15.0 Å². The van der Waals surface area contributed by atoms with Crippen molar-refractivity contribution in [2.24, 2.45) is 12.8 Å². The van der Waals surface area contributed by atoms with Crippen LogP contribution in [-0.4, -0.2) is 15.0 Å². The van der Waals surface area contributed by atoms with Gasteiger partial charge in [0.2, 0.25) is 0 Å². The first-order valence-electron chi connectivity index (χ1n) is 2.82. The summed E-state index contributed by atoms with van der Waals surface area (Å²) in [6.07, 6.45) is 1.67. The molecule has 4 heteroatoms. The van der Waals surface area contributed by atoms with Gasteiger partial charge in [0.05, 0.1) is 11.9 Å². The van der Waals surface area contributed by atoms with Crippen LogP contribution in [-0.2, 0) is 7.05 Å². The molecule has 1 rings (SSSR count). The maximum atomic E-state index is 5.51. The lowest BCUT2D eigenvalue weighted by Crippen LogP contribution is -2.06. The number of nitrogens with zero attached hydrogens (tertiary/aromatic N) is 3. The molecule has 1 unspecified atom stereocenters. The minimum Gasteiger partial charge on any atom is -0.323 e. The molecule has 1 aromatic rings. The van der Waals surface area contributed by atoms with Crippen LogP contribution in [0.1, 0.15) is 18.7 Å². The predicted octanol–water partition coefficient (Wildman–Crippen LogP) is -0.165. The van der Waals surface area contributed by atoms with E-state index in [1.807, 2.05) is 6.92 Å². The van der Waals surface area contributed by atoms with Crippen molar-refractivity contribution in [1.82, 2.24) is 15.0 Å². The SMILES string of the molecule is CC(N)c1cnn(C)n1. The first kappa shape index (κ1) is 6.22. The summed E-state index contributed by atoms with van der Waals surface area (Å²) >= 11 is 0. The molecule has 0 aromatic carbocycles. The van der Waals surface area contributed by atoms with Crippen molar-refractivity contribution < 1.29 is 0 Å². The number of nitrogens with two attached hydrogens (primary N) is 1. The summed E-state index contributed by atoms with van der Waals surface area (Å²) in [6, 6.07) is -0.0151. The van der Waals surface area contributed by atoms with E-state index in [0.29, 0.717) is 0 Å². The molecule has 0 spiro atoms. The van der Waals surface area contributed by atoms with Crippen molar-refractivity contribution in [3.63, 3.8) is 0 Å². The van der Waals surface area contributed by atoms with Gasteiger partial charge in [0.25, 0.3) is 0 Å². The third-order valence-corrected chi connectivity index (χ3v) is 1.08. The number of hydrogen-bond acceptors (Lipinski definition) is 3. The number of hydrogen-bond donors (Lipinski definition) is 1. The van der Waals surface area contributed by atoms with Crippen LogP contribution in [0.5, 0.6) is 0 Å². The molecular formula is C5H10N4. The van der Waals surface area contributed by atoms with E-state index in [1.54, 1.807) is 13.2 Å². The van der Waals surface area contributed by atoms with Gasteiger partial charge in [-0.3, -0.25) is 0 Å². The summed E-state index contributed by atoms with van der Waals surface area (Å²) in [5.74, 6) is 0. The molecule has 2 N–H and O–H groups in total. The molecule has 50 valence electrons. The Balaban J connectivity index is 2.85. The van der Waals surface area contributed by atoms with Crippen molar-refractivity contribution in [3.8, 4) is 0 Å². The van der Waals surface area contributed by atoms with Crippen LogP contribution in [0.3, 0.4) is 0 Å². The fraction of sp³-hybridized carbons (Fsp3) is 0.600. The molecular weight excluding hydrogens is 116 g/mol. The Hall–Kier alpha value is -0.900. The van der Waals surface area contributed by atoms with E-state index in [2.05, 4.69) is 10.2 Å². The Bertz CT molecular complexity index is 191. The second-order valence-electron chi connectivity index (χ2n) is 2.05. The largest absolute Gasteiger partial charge is 0.323 e. The van der Waals surface area contributed by atoms with Gasteiger partial charge >= 0.3 is 0 Å². The lowest BCUT2D eigenvalue weighted by Gasteiger charge is -1.94. The monoisotopic (exact) mass is 126 g/mol. The lowest BCUT2D eigenvalue weighted by molar-refractivity contribution is 0.632. The quantitative estimate of drug-likeness (QED) is 0.568. The first-order valence-corrected chi connectivity index (χ1v) is 2.82. The van der Waals surface area contributed by atoms with Crippen LogP contribution >= 0.6 is 0 Å². The maximum absolute atomic E-state index is 5.51. The molecule has 0 saturated heterocycles. The zero-order valence-electron chi connectivity index (χ0n) is 5.57. The molecule has 0 bridgehead atoms. The summed E-state index contributed by atoms with van der Waals surface area (Å²) in [5.41, 5.74) is 6.34. The second-order valence-corrected chi connectivity index (χ2v) is 2.05. The van der Waals surface area contributed by atoms with Crippen LogP contribution in [0.25, 0.3) is 0 Å². The maximum Gasteiger partial charge on any atom is 0.0991 e. The Morgan fingerprint density at radius 1 is 1.78 bits per heavy atom. The molecule has 0 aliphatic rings. The molecule has 0 aliphatic carbocycles. The van der Waals surface area contributed by atoms with Gasteiger partial charge in [-0.15, -0.1) is 0 Å². The van der Waals surface area contributed by atoms with Crippen molar-refractivity contribution in [1.29, 1.82) is 0 Å². The van der Waals surface area contributed by atoms with Gasteiger partial charge < -0.3 is 5.73 Å². The molecule has 0 saturated carbocycles. The smallest absolute Gasteiger partial charge is 0.0991 e. The van der Waals surface area contributed by atoms with Gasteiger partial charge in [-0.05, 0) is 6.92 Å². The van der Waals surface area contributed by atoms with E-state index in [9.17, 15) is 0 Å². The van der Waals surface area contributed by atoms with Crippen LogP contribution in [0, 0.1) is 0 Å². The molecule has 4 nitrogen and oxygen atoms in total. The van der Waals surface area contributed by atoms with E-state index in [1.165, 1.54) is 4.80 Å². The predicted molar refractivity (Wildman–Crippen MR) is 33.6 cm³/mol. The summed E-state index contributed by atoms with van der Waals surface area (Å²) < 4.78 is 0. The second kappa shape index (κ2) is 2.14. The zero-order valence-corrected chi connectivity index (χ0v) is 5.57. The summed E-state index contributed by atoms with van der Waals surface area (Å²) in [5, 5.41) is 7.85. The van der Waals surface area contributed by atoms with E-state index >= 15 is 0 Å². The minimum absolute atomic E-state index is 0.0151. The van der Waals surface area contributed by atoms with E-state index in [-0.39, 0.29) is 6.04 Å². The molecule has 1 aromatic heterocycles. The molecule has 1 atom stereocenters. The Labute approximate surface area is 53.7 Å². The molecule has 0 amide bonds. The number of rotatable bonds is 1. The average Bonchev–Trinajstić information content (AvgIpc) is 2.14. The fourth-order valence-electron chi connectivity index (χ4n) is 0.570. The highest BCUT2D eigenvalue weighted by atomic mass is 15.4. The fourth-order valence-corrected chi connectivity index (χ4v) is 0.570. The third-order valence-electron chi connectivity index (χ3n) is 1.08. The highest BCUT2D eigenvalue weighted by molar-refractivity contribution is 4.96. The van der Waals surface area contributed by atoms with Gasteiger partial charge in [0, 0.05) is 13.1 Å². The van der Waals surface area contributed by atoms with E-state index in [4.69, 9.17) is 5.73 Å². The molecule has 0 aliphatic heterocycles. The summed E-state index contributed by atoms with van der Waals surface area (Å²) in [7, 11) is 1.77. The summed E-state index contributed by atoms with van der Waals surface area (Å²) in [4.78, 5) is 1.50. The van der Waals surface area contributed by atoms with Crippen LogP contribution in [0.15, 0.2) is 6.20 Å². The van der Waals surface area contributed by atoms with Crippen LogP contribution in [0.4, 0.5) is 0 Å². The van der Waals surface area contributed by atoms with Crippen molar-refractivity contribution in [2.75, 3.05) is 0 Å². The van der Waals surface area contributed by atoms with Crippen LogP contribution < -0.4 is 5.73 Å². The molecule has 0 radical (unpaired) electrons. The Morgan fingerprint density at radius 3 is 2.67 bits per heavy atom. The molecule has 9 heavy (non-hydrogen) atoms. The molecule has 1 heterocycles. The zero-order chi connectivity index (χ0) is 6.85. The lowest BCUT2D eigenvalue weighted by atomic mass is 10.3. The van der Waals surface area contributed by atoms with Gasteiger partial charge in [0.1, 0.15) is 0 Å². The topological polar surface area (TPSA) is 56.7 Å². The summed E-state index contributed by atoms with van der Waals surface area (Å²) in [6.45, 7) is 1.88. The van der Waals surface area contributed by atoms with Crippen molar-refractivity contribution in [3.05, 3.63) is 11.9 Å². The van der Waals surface area contributed by atoms with Crippen LogP contribution in [0.2, 0.25) is 0 Å². The highest BCUT2D eigenvalue weighted by Crippen LogP contribution is 2.00. The Morgan fingerprint density at radius 2 is 2.44 bits per heavy atom. The van der Waals surface area contributed by atoms with Gasteiger partial charge in [-0.25, -0.2) is 0 Å². The normalized spacial score (nSPS) is 13.7. The highest BCUT2D eigenvalue weighted by Gasteiger charge is 2.01. The first-order chi connectivity index (χ1) is 4.20. The van der Waals surface area contributed by atoms with E-state index < -0.39 is 0 Å². The van der Waals surface area contributed by atoms with Gasteiger partial charge in [-0.1, -0.05) is 0 Å². The average molecular weight is 126 g/mol. The van der Waals surface area contributed by atoms with Gasteiger partial charge in [0.15, 0.2) is 0 Å². The number of aromatic nitrogens is 3. The van der Waals surface area contributed by atoms with E-state index in [0.717, 1.165) is 5.69 Å². The number of aryl methyl sites for hydroxylation is 1. The molecule has 0 fully saturated rings.